The van der Waals surface area contributed by atoms with Crippen molar-refractivity contribution < 1.29 is 30.0 Å². The smallest absolute Gasteiger partial charge is 0.335 e. The van der Waals surface area contributed by atoms with Gasteiger partial charge in [-0.3, -0.25) is 0 Å². The zero-order valence-corrected chi connectivity index (χ0v) is 8.92. The van der Waals surface area contributed by atoms with Gasteiger partial charge in [0.2, 0.25) is 0 Å². The second-order valence-electron chi connectivity index (χ2n) is 3.19. The first-order valence-corrected chi connectivity index (χ1v) is 5.58. The van der Waals surface area contributed by atoms with E-state index >= 15 is 0 Å². The summed E-state index contributed by atoms with van der Waals surface area (Å²) in [5.41, 5.74) is -0.825. The lowest BCUT2D eigenvalue weighted by Crippen LogP contribution is -2.58. The van der Waals surface area contributed by atoms with Crippen molar-refractivity contribution in [3.05, 3.63) is 0 Å². The second kappa shape index (κ2) is 5.13. The lowest BCUT2D eigenvalue weighted by molar-refractivity contribution is -0.209. The van der Waals surface area contributed by atoms with Crippen LogP contribution in [0.25, 0.3) is 0 Å². The molecule has 0 aromatic carbocycles. The lowest BCUT2D eigenvalue weighted by atomic mass is 10.0. The second-order valence-corrected chi connectivity index (χ2v) is 4.57. The van der Waals surface area contributed by atoms with Gasteiger partial charge in [-0.05, 0) is 5.75 Å². The highest BCUT2D eigenvalue weighted by atomic mass is 32.2. The topological polar surface area (TPSA) is 107 Å². The molecule has 5 unspecified atom stereocenters. The van der Waals surface area contributed by atoms with Gasteiger partial charge in [0.15, 0.2) is 6.10 Å². The Morgan fingerprint density at radius 3 is 2.33 bits per heavy atom. The first-order valence-electron chi connectivity index (χ1n) is 4.53. The summed E-state index contributed by atoms with van der Waals surface area (Å²) in [4.78, 5) is 10.7. The van der Waals surface area contributed by atoms with Crippen molar-refractivity contribution in [2.45, 2.75) is 36.8 Å². The van der Waals surface area contributed by atoms with Crippen LogP contribution >= 0.6 is 11.8 Å². The quantitative estimate of drug-likeness (QED) is 0.480. The van der Waals surface area contributed by atoms with E-state index in [0.717, 1.165) is 0 Å². The van der Waals surface area contributed by atoms with E-state index in [-0.39, 0.29) is 0 Å². The van der Waals surface area contributed by atoms with E-state index in [1.54, 1.807) is 0 Å². The number of hydrogen-bond donors (Lipinski definition) is 4. The van der Waals surface area contributed by atoms with E-state index in [9.17, 15) is 20.1 Å². The normalized spacial score (nSPS) is 41.5. The molecule has 88 valence electrons. The van der Waals surface area contributed by atoms with Crippen LogP contribution in [-0.4, -0.2) is 62.0 Å². The molecule has 1 aliphatic heterocycles. The van der Waals surface area contributed by atoms with Crippen LogP contribution in [0.1, 0.15) is 6.92 Å². The number of carboxylic acid groups (broad SMARTS) is 1. The largest absolute Gasteiger partial charge is 0.479 e. The van der Waals surface area contributed by atoms with Crippen molar-refractivity contribution in [3.8, 4) is 0 Å². The Kier molecular flexibility index (Phi) is 4.35. The van der Waals surface area contributed by atoms with Gasteiger partial charge < -0.3 is 25.2 Å². The van der Waals surface area contributed by atoms with Crippen LogP contribution in [0.2, 0.25) is 0 Å². The third kappa shape index (κ3) is 2.61. The molecule has 1 aliphatic rings. The molecule has 0 saturated carbocycles. The van der Waals surface area contributed by atoms with Crippen molar-refractivity contribution in [2.75, 3.05) is 5.75 Å². The molecule has 0 amide bonds. The Balaban J connectivity index is 2.75. The summed E-state index contributed by atoms with van der Waals surface area (Å²) in [5, 5.41) is 36.9. The van der Waals surface area contributed by atoms with Crippen LogP contribution in [-0.2, 0) is 9.53 Å². The molecule has 0 aromatic rings. The van der Waals surface area contributed by atoms with Crippen molar-refractivity contribution in [1.29, 1.82) is 0 Å². The number of aliphatic carboxylic acids is 1. The fourth-order valence-electron chi connectivity index (χ4n) is 1.35. The summed E-state index contributed by atoms with van der Waals surface area (Å²) in [6, 6.07) is 0. The van der Waals surface area contributed by atoms with E-state index in [2.05, 4.69) is 0 Å². The Hall–Kier alpha value is -0.340. The van der Waals surface area contributed by atoms with Crippen LogP contribution in [0.3, 0.4) is 0 Å². The van der Waals surface area contributed by atoms with Crippen molar-refractivity contribution >= 4 is 17.7 Å². The molecule has 0 aromatic heterocycles. The van der Waals surface area contributed by atoms with Crippen molar-refractivity contribution in [2.24, 2.45) is 0 Å². The average Bonchev–Trinajstić information content (AvgIpc) is 2.18. The van der Waals surface area contributed by atoms with Gasteiger partial charge in [0.05, 0.1) is 0 Å². The number of carbonyl (C=O) groups is 1. The number of ether oxygens (including phenoxy) is 1. The molecule has 1 heterocycles. The van der Waals surface area contributed by atoms with Gasteiger partial charge in [-0.1, -0.05) is 6.92 Å². The minimum Gasteiger partial charge on any atom is -0.479 e. The van der Waals surface area contributed by atoms with Gasteiger partial charge >= 0.3 is 5.97 Å². The molecule has 7 heteroatoms. The molecule has 0 spiro atoms. The summed E-state index contributed by atoms with van der Waals surface area (Å²) < 4.78 is 4.99. The van der Waals surface area contributed by atoms with Crippen LogP contribution in [0, 0.1) is 0 Å². The SMILES string of the molecule is CCSC1OC(C(=O)O)C(O)C(O)C1O. The number of hydrogen-bond acceptors (Lipinski definition) is 6. The standard InChI is InChI=1S/C8H14O6S/c1-2-15-8-5(11)3(9)4(10)6(14-8)7(12)13/h3-6,8-11H,2H2,1H3,(H,12,13). The molecule has 0 radical (unpaired) electrons. The molecule has 1 fully saturated rings. The molecule has 5 atom stereocenters. The van der Waals surface area contributed by atoms with E-state index in [0.29, 0.717) is 5.75 Å². The number of aliphatic hydroxyl groups is 3. The average molecular weight is 238 g/mol. The molecular formula is C8H14O6S. The van der Waals surface area contributed by atoms with Gasteiger partial charge in [-0.2, -0.15) is 0 Å². The summed E-state index contributed by atoms with van der Waals surface area (Å²) in [7, 11) is 0. The van der Waals surface area contributed by atoms with Gasteiger partial charge in [-0.25, -0.2) is 4.79 Å². The predicted octanol–water partition coefficient (Wildman–Crippen LogP) is -1.37. The van der Waals surface area contributed by atoms with Gasteiger partial charge in [-0.15, -0.1) is 11.8 Å². The van der Waals surface area contributed by atoms with Crippen LogP contribution in [0.5, 0.6) is 0 Å². The minimum atomic E-state index is -1.61. The Morgan fingerprint density at radius 2 is 1.87 bits per heavy atom. The highest BCUT2D eigenvalue weighted by Crippen LogP contribution is 2.28. The van der Waals surface area contributed by atoms with Gasteiger partial charge in [0, 0.05) is 0 Å². The maximum atomic E-state index is 10.7. The molecule has 0 bridgehead atoms. The molecule has 4 N–H and O–H groups in total. The highest BCUT2D eigenvalue weighted by molar-refractivity contribution is 7.99. The van der Waals surface area contributed by atoms with Gasteiger partial charge in [0.1, 0.15) is 23.7 Å². The minimum absolute atomic E-state index is 0.608. The first-order chi connectivity index (χ1) is 6.99. The third-order valence-corrected chi connectivity index (χ3v) is 3.20. The summed E-state index contributed by atoms with van der Waals surface area (Å²) in [5.74, 6) is -0.744. The Labute approximate surface area is 90.9 Å². The molecule has 1 rings (SSSR count). The number of rotatable bonds is 3. The lowest BCUT2D eigenvalue weighted by Gasteiger charge is -2.38. The van der Waals surface area contributed by atoms with Crippen molar-refractivity contribution in [3.63, 3.8) is 0 Å². The monoisotopic (exact) mass is 238 g/mol. The predicted molar refractivity (Wildman–Crippen MR) is 52.4 cm³/mol. The molecule has 1 saturated heterocycles. The molecule has 6 nitrogen and oxygen atoms in total. The number of aliphatic hydroxyl groups excluding tert-OH is 3. The first kappa shape index (κ1) is 12.7. The zero-order valence-electron chi connectivity index (χ0n) is 8.11. The third-order valence-electron chi connectivity index (χ3n) is 2.14. The molecule has 15 heavy (non-hydrogen) atoms. The summed E-state index contributed by atoms with van der Waals surface area (Å²) in [6.07, 6.45) is -5.87. The Bertz CT molecular complexity index is 235. The molecule has 0 aliphatic carbocycles. The van der Waals surface area contributed by atoms with Gasteiger partial charge in [0.25, 0.3) is 0 Å². The molecular weight excluding hydrogens is 224 g/mol. The van der Waals surface area contributed by atoms with Crippen LogP contribution < -0.4 is 0 Å². The summed E-state index contributed by atoms with van der Waals surface area (Å²) >= 11 is 1.18. The highest BCUT2D eigenvalue weighted by Gasteiger charge is 2.46. The van der Waals surface area contributed by atoms with Crippen molar-refractivity contribution in [1.82, 2.24) is 0 Å². The van der Waals surface area contributed by atoms with E-state index in [4.69, 9.17) is 9.84 Å². The number of thioether (sulfide) groups is 1. The maximum Gasteiger partial charge on any atom is 0.335 e. The fraction of sp³-hybridized carbons (Fsp3) is 0.875. The van der Waals surface area contributed by atoms with E-state index < -0.39 is 35.8 Å². The fourth-order valence-corrected chi connectivity index (χ4v) is 2.24. The maximum absolute atomic E-state index is 10.7. The van der Waals surface area contributed by atoms with E-state index in [1.165, 1.54) is 11.8 Å². The van der Waals surface area contributed by atoms with Crippen LogP contribution in [0.15, 0.2) is 0 Å². The summed E-state index contributed by atoms with van der Waals surface area (Å²) in [6.45, 7) is 1.81. The number of carboxylic acids is 1. The van der Waals surface area contributed by atoms with Crippen LogP contribution in [0.4, 0.5) is 0 Å². The zero-order chi connectivity index (χ0) is 11.6. The van der Waals surface area contributed by atoms with E-state index in [1.807, 2.05) is 6.92 Å². The Morgan fingerprint density at radius 1 is 1.27 bits per heavy atom.